The van der Waals surface area contributed by atoms with Gasteiger partial charge in [-0.2, -0.15) is 9.78 Å². The minimum Gasteiger partial charge on any atom is -0.497 e. The molecule has 0 radical (unpaired) electrons. The van der Waals surface area contributed by atoms with Crippen molar-refractivity contribution in [3.8, 4) is 17.2 Å². The molecule has 5 rings (SSSR count). The van der Waals surface area contributed by atoms with E-state index in [4.69, 9.17) is 9.47 Å². The second-order valence-corrected chi connectivity index (χ2v) is 8.12. The molecule has 0 fully saturated rings. The first kappa shape index (κ1) is 20.7. The van der Waals surface area contributed by atoms with Gasteiger partial charge in [0, 0.05) is 11.5 Å². The highest BCUT2D eigenvalue weighted by atomic mass is 32.1. The van der Waals surface area contributed by atoms with Crippen LogP contribution in [-0.4, -0.2) is 34.9 Å². The van der Waals surface area contributed by atoms with Gasteiger partial charge >= 0.3 is 0 Å². The Morgan fingerprint density at radius 2 is 1.73 bits per heavy atom. The van der Waals surface area contributed by atoms with Gasteiger partial charge in [0.25, 0.3) is 11.5 Å². The third-order valence-corrected chi connectivity index (χ3v) is 6.10. The van der Waals surface area contributed by atoms with Gasteiger partial charge in [-0.15, -0.1) is 0 Å². The number of nitrogens with one attached hydrogen (secondary N) is 1. The fraction of sp³-hybridized carbons (Fsp3) is 0.0833. The molecule has 0 saturated carbocycles. The summed E-state index contributed by atoms with van der Waals surface area (Å²) in [5, 5.41) is 8.52. The molecule has 2 aromatic heterocycles. The van der Waals surface area contributed by atoms with Crippen molar-refractivity contribution in [2.45, 2.75) is 0 Å². The fourth-order valence-electron chi connectivity index (χ4n) is 3.56. The number of hydrogen-bond acceptors (Lipinski definition) is 7. The highest BCUT2D eigenvalue weighted by Gasteiger charge is 2.20. The zero-order valence-electron chi connectivity index (χ0n) is 17.7. The Morgan fingerprint density at radius 3 is 2.48 bits per heavy atom. The summed E-state index contributed by atoms with van der Waals surface area (Å²) < 4.78 is 12.8. The van der Waals surface area contributed by atoms with Crippen LogP contribution >= 0.6 is 11.3 Å². The average Bonchev–Trinajstić information content (AvgIpc) is 3.26. The van der Waals surface area contributed by atoms with E-state index in [-0.39, 0.29) is 11.3 Å². The van der Waals surface area contributed by atoms with Crippen molar-refractivity contribution in [3.63, 3.8) is 0 Å². The van der Waals surface area contributed by atoms with Crippen LogP contribution in [0.3, 0.4) is 0 Å². The summed E-state index contributed by atoms with van der Waals surface area (Å²) in [7, 11) is 3.03. The molecule has 0 aliphatic carbocycles. The normalized spacial score (nSPS) is 11.0. The van der Waals surface area contributed by atoms with E-state index in [9.17, 15) is 9.59 Å². The van der Waals surface area contributed by atoms with Crippen molar-refractivity contribution >= 4 is 43.4 Å². The van der Waals surface area contributed by atoms with Crippen molar-refractivity contribution in [2.24, 2.45) is 0 Å². The SMILES string of the molecule is COc1ccc(-n2nc(C(=O)Nc3nc4ccccc4s3)c3ccccc3c2=O)c(OC)c1. The second kappa shape index (κ2) is 8.36. The van der Waals surface area contributed by atoms with Gasteiger partial charge < -0.3 is 9.47 Å². The Balaban J connectivity index is 1.65. The summed E-state index contributed by atoms with van der Waals surface area (Å²) in [5.41, 5.74) is 0.916. The lowest BCUT2D eigenvalue weighted by atomic mass is 10.1. The molecule has 164 valence electrons. The van der Waals surface area contributed by atoms with Gasteiger partial charge in [-0.25, -0.2) is 4.98 Å². The maximum Gasteiger partial charge on any atom is 0.279 e. The number of thiazole rings is 1. The van der Waals surface area contributed by atoms with E-state index < -0.39 is 5.91 Å². The molecule has 5 aromatic rings. The molecule has 9 heteroatoms. The van der Waals surface area contributed by atoms with Crippen molar-refractivity contribution in [3.05, 3.63) is 82.8 Å². The number of amides is 1. The Bertz CT molecular complexity index is 1540. The lowest BCUT2D eigenvalue weighted by molar-refractivity contribution is 0.102. The molecule has 0 bridgehead atoms. The lowest BCUT2D eigenvalue weighted by Gasteiger charge is -2.14. The van der Waals surface area contributed by atoms with Crippen LogP contribution in [0.2, 0.25) is 0 Å². The topological polar surface area (TPSA) is 95.3 Å². The van der Waals surface area contributed by atoms with Crippen LogP contribution in [0.1, 0.15) is 10.5 Å². The number of para-hydroxylation sites is 1. The van der Waals surface area contributed by atoms with Crippen molar-refractivity contribution < 1.29 is 14.3 Å². The molecular formula is C24H18N4O4S. The predicted octanol–water partition coefficient (Wildman–Crippen LogP) is 4.26. The van der Waals surface area contributed by atoms with Crippen molar-refractivity contribution in [1.29, 1.82) is 0 Å². The van der Waals surface area contributed by atoms with E-state index in [2.05, 4.69) is 15.4 Å². The minimum atomic E-state index is -0.466. The van der Waals surface area contributed by atoms with E-state index in [1.807, 2.05) is 24.3 Å². The maximum atomic E-state index is 13.3. The van der Waals surface area contributed by atoms with Gasteiger partial charge in [-0.05, 0) is 30.3 Å². The molecule has 33 heavy (non-hydrogen) atoms. The monoisotopic (exact) mass is 458 g/mol. The molecule has 3 aromatic carbocycles. The molecule has 0 spiro atoms. The quantitative estimate of drug-likeness (QED) is 0.423. The van der Waals surface area contributed by atoms with Gasteiger partial charge in [-0.3, -0.25) is 14.9 Å². The van der Waals surface area contributed by atoms with Crippen LogP contribution < -0.4 is 20.3 Å². The maximum absolute atomic E-state index is 13.3. The highest BCUT2D eigenvalue weighted by molar-refractivity contribution is 7.22. The van der Waals surface area contributed by atoms with Gasteiger partial charge in [-0.1, -0.05) is 41.7 Å². The standard InChI is InChI=1S/C24H18N4O4S/c1-31-14-11-12-18(19(13-14)32-2)28-23(30)16-8-4-3-7-15(16)21(27-28)22(29)26-24-25-17-9-5-6-10-20(17)33-24/h3-13H,1-2H3,(H,25,26,29). The Labute approximate surface area is 192 Å². The number of methoxy groups -OCH3 is 2. The van der Waals surface area contributed by atoms with E-state index in [1.165, 1.54) is 23.1 Å². The molecule has 8 nitrogen and oxygen atoms in total. The largest absolute Gasteiger partial charge is 0.497 e. The Hall–Kier alpha value is -4.24. The number of carbonyl (C=O) groups is 1. The van der Waals surface area contributed by atoms with Gasteiger partial charge in [0.1, 0.15) is 17.2 Å². The van der Waals surface area contributed by atoms with Crippen LogP contribution in [0.15, 0.2) is 71.5 Å². The number of aromatic nitrogens is 3. The van der Waals surface area contributed by atoms with E-state index in [0.717, 1.165) is 10.2 Å². The number of benzene rings is 3. The van der Waals surface area contributed by atoms with E-state index >= 15 is 0 Å². The van der Waals surface area contributed by atoms with Crippen molar-refractivity contribution in [2.75, 3.05) is 19.5 Å². The number of anilines is 1. The minimum absolute atomic E-state index is 0.0994. The first-order valence-corrected chi connectivity index (χ1v) is 10.8. The average molecular weight is 458 g/mol. The third-order valence-electron chi connectivity index (χ3n) is 5.15. The van der Waals surface area contributed by atoms with E-state index in [1.54, 1.807) is 49.6 Å². The van der Waals surface area contributed by atoms with Crippen LogP contribution in [0.4, 0.5) is 5.13 Å². The summed E-state index contributed by atoms with van der Waals surface area (Å²) in [6, 6.07) is 19.5. The van der Waals surface area contributed by atoms with Gasteiger partial charge in [0.2, 0.25) is 0 Å². The predicted molar refractivity (Wildman–Crippen MR) is 128 cm³/mol. The Kier molecular flexibility index (Phi) is 5.23. The molecule has 1 amide bonds. The van der Waals surface area contributed by atoms with Crippen LogP contribution in [0.25, 0.3) is 26.7 Å². The summed E-state index contributed by atoms with van der Waals surface area (Å²) in [6.07, 6.45) is 0. The number of ether oxygens (including phenoxy) is 2. The number of fused-ring (bicyclic) bond motifs is 2. The summed E-state index contributed by atoms with van der Waals surface area (Å²) in [5.74, 6) is 0.487. The smallest absolute Gasteiger partial charge is 0.279 e. The van der Waals surface area contributed by atoms with E-state index in [0.29, 0.717) is 33.1 Å². The molecular weight excluding hydrogens is 440 g/mol. The van der Waals surface area contributed by atoms with Crippen LogP contribution in [0, 0.1) is 0 Å². The zero-order valence-corrected chi connectivity index (χ0v) is 18.6. The zero-order chi connectivity index (χ0) is 22.9. The highest BCUT2D eigenvalue weighted by Crippen LogP contribution is 2.28. The van der Waals surface area contributed by atoms with Crippen LogP contribution in [0.5, 0.6) is 11.5 Å². The number of carbonyl (C=O) groups excluding carboxylic acids is 1. The third kappa shape index (κ3) is 3.68. The fourth-order valence-corrected chi connectivity index (χ4v) is 4.42. The number of nitrogens with zero attached hydrogens (tertiary/aromatic N) is 3. The number of hydrogen-bond donors (Lipinski definition) is 1. The molecule has 0 unspecified atom stereocenters. The summed E-state index contributed by atoms with van der Waals surface area (Å²) in [4.78, 5) is 31.0. The Morgan fingerprint density at radius 1 is 0.970 bits per heavy atom. The first-order chi connectivity index (χ1) is 16.1. The second-order valence-electron chi connectivity index (χ2n) is 7.09. The lowest BCUT2D eigenvalue weighted by Crippen LogP contribution is -2.26. The number of rotatable bonds is 5. The summed E-state index contributed by atoms with van der Waals surface area (Å²) in [6.45, 7) is 0. The van der Waals surface area contributed by atoms with Gasteiger partial charge in [0.15, 0.2) is 10.8 Å². The summed E-state index contributed by atoms with van der Waals surface area (Å²) >= 11 is 1.37. The van der Waals surface area contributed by atoms with Crippen LogP contribution in [-0.2, 0) is 0 Å². The van der Waals surface area contributed by atoms with Gasteiger partial charge in [0.05, 0.1) is 29.8 Å². The molecule has 2 heterocycles. The molecule has 0 saturated heterocycles. The first-order valence-electron chi connectivity index (χ1n) is 10.0. The molecule has 0 aliphatic rings. The molecule has 0 aliphatic heterocycles. The molecule has 1 N–H and O–H groups in total. The van der Waals surface area contributed by atoms with Crippen molar-refractivity contribution in [1.82, 2.24) is 14.8 Å². The molecule has 0 atom stereocenters.